The lowest BCUT2D eigenvalue weighted by Gasteiger charge is -2.28. The quantitative estimate of drug-likeness (QED) is 0.656. The molecule has 1 fully saturated rings. The second kappa shape index (κ2) is 7.47. The summed E-state index contributed by atoms with van der Waals surface area (Å²) in [5, 5.41) is 3.41. The van der Waals surface area contributed by atoms with Gasteiger partial charge in [0.05, 0.1) is 0 Å². The minimum Gasteiger partial charge on any atom is -0.317 e. The van der Waals surface area contributed by atoms with Crippen LogP contribution in [0.15, 0.2) is 37.5 Å². The molecule has 1 atom stereocenters. The number of rotatable bonds is 6. The van der Waals surface area contributed by atoms with E-state index in [2.05, 4.69) is 30.6 Å². The minimum absolute atomic E-state index is 0.685. The van der Waals surface area contributed by atoms with Crippen molar-refractivity contribution in [3.05, 3.63) is 37.5 Å². The zero-order chi connectivity index (χ0) is 10.9. The largest absolute Gasteiger partial charge is 0.317 e. The molecule has 84 valence electrons. The molecule has 0 saturated carbocycles. The molecule has 0 aromatic heterocycles. The Morgan fingerprint density at radius 1 is 1.20 bits per heavy atom. The fourth-order valence-electron chi connectivity index (χ4n) is 2.24. The first kappa shape index (κ1) is 12.3. The monoisotopic (exact) mass is 205 g/mol. The second-order valence-electron chi connectivity index (χ2n) is 4.23. The fraction of sp³-hybridized carbons (Fsp3) is 0.571. The summed E-state index contributed by atoms with van der Waals surface area (Å²) in [6.07, 6.45) is 13.3. The zero-order valence-electron chi connectivity index (χ0n) is 9.62. The highest BCUT2D eigenvalue weighted by Crippen LogP contribution is 2.26. The van der Waals surface area contributed by atoms with Crippen molar-refractivity contribution in [1.82, 2.24) is 5.32 Å². The summed E-state index contributed by atoms with van der Waals surface area (Å²) in [5.74, 6) is 1.52. The highest BCUT2D eigenvalue weighted by molar-refractivity contribution is 4.98. The van der Waals surface area contributed by atoms with Gasteiger partial charge in [0, 0.05) is 0 Å². The van der Waals surface area contributed by atoms with E-state index in [9.17, 15) is 0 Å². The Labute approximate surface area is 94.0 Å². The topological polar surface area (TPSA) is 12.0 Å². The summed E-state index contributed by atoms with van der Waals surface area (Å²) < 4.78 is 0. The lowest BCUT2D eigenvalue weighted by atomic mass is 9.82. The van der Waals surface area contributed by atoms with Crippen molar-refractivity contribution in [2.24, 2.45) is 11.8 Å². The molecule has 15 heavy (non-hydrogen) atoms. The van der Waals surface area contributed by atoms with Gasteiger partial charge in [-0.25, -0.2) is 0 Å². The molecule has 0 bridgehead atoms. The molecular weight excluding hydrogens is 182 g/mol. The maximum Gasteiger partial charge on any atom is -0.00461 e. The predicted octanol–water partition coefficient (Wildman–Crippen LogP) is 3.31. The highest BCUT2D eigenvalue weighted by atomic mass is 14.9. The Morgan fingerprint density at radius 3 is 2.53 bits per heavy atom. The standard InChI is InChI=1S/C14H23N/c1-3-5-6-8-13(7-4-2)14-9-11-15-12-10-14/h3-4,6,8,13-15H,1-2,5,7,9-12H2. The normalized spacial score (nSPS) is 20.3. The van der Waals surface area contributed by atoms with Crippen molar-refractivity contribution in [1.29, 1.82) is 0 Å². The molecular formula is C14H23N. The van der Waals surface area contributed by atoms with Gasteiger partial charge in [-0.2, -0.15) is 0 Å². The first-order chi connectivity index (χ1) is 7.38. The highest BCUT2D eigenvalue weighted by Gasteiger charge is 2.19. The second-order valence-corrected chi connectivity index (χ2v) is 4.23. The molecule has 1 N–H and O–H groups in total. The van der Waals surface area contributed by atoms with Crippen LogP contribution >= 0.6 is 0 Å². The Balaban J connectivity index is 2.46. The van der Waals surface area contributed by atoms with E-state index in [1.807, 2.05) is 12.2 Å². The molecule has 1 heteroatoms. The van der Waals surface area contributed by atoms with Gasteiger partial charge in [0.2, 0.25) is 0 Å². The van der Waals surface area contributed by atoms with Gasteiger partial charge in [-0.1, -0.05) is 24.3 Å². The summed E-state index contributed by atoms with van der Waals surface area (Å²) >= 11 is 0. The average molecular weight is 205 g/mol. The summed E-state index contributed by atoms with van der Waals surface area (Å²) in [4.78, 5) is 0. The SMILES string of the molecule is C=CCC=CC(CC=C)C1CCNCC1. The van der Waals surface area contributed by atoms with Gasteiger partial charge in [0.25, 0.3) is 0 Å². The van der Waals surface area contributed by atoms with E-state index in [1.54, 1.807) is 0 Å². The van der Waals surface area contributed by atoms with E-state index in [1.165, 1.54) is 25.9 Å². The molecule has 1 nitrogen and oxygen atoms in total. The number of allylic oxidation sites excluding steroid dienone is 4. The van der Waals surface area contributed by atoms with Crippen LogP contribution < -0.4 is 5.32 Å². The number of piperidine rings is 1. The van der Waals surface area contributed by atoms with Gasteiger partial charge in [0.1, 0.15) is 0 Å². The predicted molar refractivity (Wildman–Crippen MR) is 67.9 cm³/mol. The number of hydrogen-bond acceptors (Lipinski definition) is 1. The third-order valence-electron chi connectivity index (χ3n) is 3.11. The molecule has 1 heterocycles. The van der Waals surface area contributed by atoms with Gasteiger partial charge in [-0.15, -0.1) is 13.2 Å². The summed E-state index contributed by atoms with van der Waals surface area (Å²) in [7, 11) is 0. The van der Waals surface area contributed by atoms with Crippen LogP contribution in [0.5, 0.6) is 0 Å². The van der Waals surface area contributed by atoms with Gasteiger partial charge in [-0.3, -0.25) is 0 Å². The van der Waals surface area contributed by atoms with E-state index < -0.39 is 0 Å². The molecule has 1 rings (SSSR count). The van der Waals surface area contributed by atoms with Gasteiger partial charge in [-0.05, 0) is 50.6 Å². The van der Waals surface area contributed by atoms with Gasteiger partial charge in [0.15, 0.2) is 0 Å². The third-order valence-corrected chi connectivity index (χ3v) is 3.11. The molecule has 0 amide bonds. The van der Waals surface area contributed by atoms with Gasteiger partial charge < -0.3 is 5.32 Å². The van der Waals surface area contributed by atoms with Crippen LogP contribution in [0.25, 0.3) is 0 Å². The van der Waals surface area contributed by atoms with Crippen LogP contribution in [0.1, 0.15) is 25.7 Å². The third kappa shape index (κ3) is 4.48. The van der Waals surface area contributed by atoms with Crippen LogP contribution in [0.3, 0.4) is 0 Å². The molecule has 1 saturated heterocycles. The molecule has 1 aliphatic heterocycles. The summed E-state index contributed by atoms with van der Waals surface area (Å²) in [6.45, 7) is 9.94. The van der Waals surface area contributed by atoms with Crippen molar-refractivity contribution in [2.75, 3.05) is 13.1 Å². The molecule has 1 unspecified atom stereocenters. The average Bonchev–Trinajstić information content (AvgIpc) is 2.29. The zero-order valence-corrected chi connectivity index (χ0v) is 9.62. The molecule has 0 aromatic rings. The van der Waals surface area contributed by atoms with Crippen LogP contribution in [-0.4, -0.2) is 13.1 Å². The first-order valence-corrected chi connectivity index (χ1v) is 5.97. The van der Waals surface area contributed by atoms with E-state index in [0.29, 0.717) is 5.92 Å². The van der Waals surface area contributed by atoms with Crippen molar-refractivity contribution in [3.63, 3.8) is 0 Å². The Bertz CT molecular complexity index is 211. The Morgan fingerprint density at radius 2 is 1.93 bits per heavy atom. The maximum absolute atomic E-state index is 3.85. The van der Waals surface area contributed by atoms with Crippen molar-refractivity contribution < 1.29 is 0 Å². The van der Waals surface area contributed by atoms with Gasteiger partial charge >= 0.3 is 0 Å². The van der Waals surface area contributed by atoms with Crippen LogP contribution in [0.4, 0.5) is 0 Å². The van der Waals surface area contributed by atoms with E-state index in [0.717, 1.165) is 18.8 Å². The summed E-state index contributed by atoms with van der Waals surface area (Å²) in [6, 6.07) is 0. The van der Waals surface area contributed by atoms with Crippen molar-refractivity contribution in [3.8, 4) is 0 Å². The smallest absolute Gasteiger partial charge is 0.00461 e. The minimum atomic E-state index is 0.685. The van der Waals surface area contributed by atoms with E-state index >= 15 is 0 Å². The molecule has 0 aromatic carbocycles. The van der Waals surface area contributed by atoms with E-state index in [-0.39, 0.29) is 0 Å². The number of nitrogens with one attached hydrogen (secondary N) is 1. The molecule has 0 radical (unpaired) electrons. The number of hydrogen-bond donors (Lipinski definition) is 1. The van der Waals surface area contributed by atoms with E-state index in [4.69, 9.17) is 0 Å². The Hall–Kier alpha value is -0.820. The van der Waals surface area contributed by atoms with Crippen LogP contribution in [0.2, 0.25) is 0 Å². The van der Waals surface area contributed by atoms with Crippen molar-refractivity contribution >= 4 is 0 Å². The molecule has 0 aliphatic carbocycles. The van der Waals surface area contributed by atoms with Crippen LogP contribution in [0, 0.1) is 11.8 Å². The molecule has 1 aliphatic rings. The molecule has 0 spiro atoms. The Kier molecular flexibility index (Phi) is 6.10. The lowest BCUT2D eigenvalue weighted by Crippen LogP contribution is -2.31. The summed E-state index contributed by atoms with van der Waals surface area (Å²) in [5.41, 5.74) is 0. The first-order valence-electron chi connectivity index (χ1n) is 5.97. The maximum atomic E-state index is 3.85. The fourth-order valence-corrected chi connectivity index (χ4v) is 2.24. The lowest BCUT2D eigenvalue weighted by molar-refractivity contribution is 0.300. The van der Waals surface area contributed by atoms with Crippen molar-refractivity contribution in [2.45, 2.75) is 25.7 Å². The van der Waals surface area contributed by atoms with Crippen LogP contribution in [-0.2, 0) is 0 Å².